The van der Waals surface area contributed by atoms with Gasteiger partial charge >= 0.3 is 6.09 Å². The van der Waals surface area contributed by atoms with Crippen LogP contribution < -0.4 is 5.73 Å². The summed E-state index contributed by atoms with van der Waals surface area (Å²) in [5.41, 5.74) is 5.08. The molecule has 20 heavy (non-hydrogen) atoms. The van der Waals surface area contributed by atoms with Crippen LogP contribution in [0.5, 0.6) is 0 Å². The van der Waals surface area contributed by atoms with Gasteiger partial charge in [-0.3, -0.25) is 4.79 Å². The molecular weight excluding hydrogens is 282 g/mol. The van der Waals surface area contributed by atoms with Gasteiger partial charge in [-0.05, 0) is 6.92 Å². The first-order chi connectivity index (χ1) is 9.04. The summed E-state index contributed by atoms with van der Waals surface area (Å²) in [5, 5.41) is 0.154. The summed E-state index contributed by atoms with van der Waals surface area (Å²) in [7, 11) is 0. The Hall–Kier alpha value is -1.56. The Balaban J connectivity index is 3.18. The Morgan fingerprint density at radius 1 is 1.45 bits per heavy atom. The Labute approximate surface area is 123 Å². The molecule has 0 aliphatic heterocycles. The molecule has 0 aliphatic rings. The van der Waals surface area contributed by atoms with Crippen LogP contribution in [0.25, 0.3) is 0 Å². The standard InChI is InChI=1S/C13H20ClN3O3/c1-7(18)10-11(14)16-8(2)17(10)6-9(13(3,4)5)20-12(15)19/h9H,6H2,1-5H3,(H2,15,19). The molecule has 0 saturated heterocycles. The second-order valence-electron chi connectivity index (χ2n) is 5.76. The molecule has 1 atom stereocenters. The highest BCUT2D eigenvalue weighted by atomic mass is 35.5. The lowest BCUT2D eigenvalue weighted by Crippen LogP contribution is -2.38. The van der Waals surface area contributed by atoms with E-state index < -0.39 is 12.2 Å². The zero-order chi connectivity index (χ0) is 15.7. The molecule has 0 aliphatic carbocycles. The van der Waals surface area contributed by atoms with E-state index in [1.165, 1.54) is 6.92 Å². The topological polar surface area (TPSA) is 87.2 Å². The zero-order valence-electron chi connectivity index (χ0n) is 12.4. The summed E-state index contributed by atoms with van der Waals surface area (Å²) in [5.74, 6) is 0.393. The zero-order valence-corrected chi connectivity index (χ0v) is 13.1. The van der Waals surface area contributed by atoms with Crippen LogP contribution in [0.4, 0.5) is 4.79 Å². The molecule has 1 unspecified atom stereocenters. The molecule has 0 spiro atoms. The number of carbonyl (C=O) groups excluding carboxylic acids is 2. The second-order valence-corrected chi connectivity index (χ2v) is 6.11. The fourth-order valence-electron chi connectivity index (χ4n) is 1.88. The highest BCUT2D eigenvalue weighted by molar-refractivity contribution is 6.32. The van der Waals surface area contributed by atoms with E-state index >= 15 is 0 Å². The van der Waals surface area contributed by atoms with Crippen molar-refractivity contribution in [3.05, 3.63) is 16.7 Å². The van der Waals surface area contributed by atoms with Crippen LogP contribution in [-0.4, -0.2) is 27.5 Å². The van der Waals surface area contributed by atoms with Gasteiger partial charge < -0.3 is 15.0 Å². The lowest BCUT2D eigenvalue weighted by molar-refractivity contribution is 0.0249. The number of hydrogen-bond acceptors (Lipinski definition) is 4. The molecule has 7 heteroatoms. The van der Waals surface area contributed by atoms with Crippen molar-refractivity contribution in [2.45, 2.75) is 47.3 Å². The molecular formula is C13H20ClN3O3. The Morgan fingerprint density at radius 3 is 2.40 bits per heavy atom. The number of rotatable bonds is 4. The van der Waals surface area contributed by atoms with Crippen molar-refractivity contribution in [1.29, 1.82) is 0 Å². The number of hydrogen-bond donors (Lipinski definition) is 1. The van der Waals surface area contributed by atoms with Crippen LogP contribution in [0.2, 0.25) is 5.15 Å². The molecule has 0 aromatic carbocycles. The summed E-state index contributed by atoms with van der Waals surface area (Å²) in [6.45, 7) is 9.18. The predicted molar refractivity (Wildman–Crippen MR) is 75.9 cm³/mol. The molecule has 1 heterocycles. The fourth-order valence-corrected chi connectivity index (χ4v) is 2.24. The molecule has 6 nitrogen and oxygen atoms in total. The van der Waals surface area contributed by atoms with Crippen LogP contribution in [0, 0.1) is 12.3 Å². The summed E-state index contributed by atoms with van der Waals surface area (Å²) < 4.78 is 6.81. The van der Waals surface area contributed by atoms with Gasteiger partial charge in [-0.1, -0.05) is 32.4 Å². The number of imidazole rings is 1. The van der Waals surface area contributed by atoms with Crippen LogP contribution >= 0.6 is 11.6 Å². The first-order valence-corrected chi connectivity index (χ1v) is 6.61. The molecule has 0 radical (unpaired) electrons. The van der Waals surface area contributed by atoms with Gasteiger partial charge in [-0.2, -0.15) is 0 Å². The number of Topliss-reactive ketones (excluding diaryl/α,β-unsaturated/α-hetero) is 1. The number of aromatic nitrogens is 2. The number of ketones is 1. The molecule has 0 saturated carbocycles. The maximum atomic E-state index is 11.7. The van der Waals surface area contributed by atoms with Crippen molar-refractivity contribution < 1.29 is 14.3 Å². The van der Waals surface area contributed by atoms with Gasteiger partial charge in [0.15, 0.2) is 10.9 Å². The van der Waals surface area contributed by atoms with Crippen LogP contribution in [-0.2, 0) is 11.3 Å². The second kappa shape index (κ2) is 5.83. The normalized spacial score (nSPS) is 13.1. The number of aryl methyl sites for hydroxylation is 1. The average molecular weight is 302 g/mol. The van der Waals surface area contributed by atoms with Gasteiger partial charge in [0, 0.05) is 12.3 Å². The van der Waals surface area contributed by atoms with Crippen molar-refractivity contribution in [3.63, 3.8) is 0 Å². The minimum atomic E-state index is -0.849. The quantitative estimate of drug-likeness (QED) is 0.866. The van der Waals surface area contributed by atoms with Crippen molar-refractivity contribution >= 4 is 23.5 Å². The Bertz CT molecular complexity index is 532. The monoisotopic (exact) mass is 301 g/mol. The highest BCUT2D eigenvalue weighted by Crippen LogP contribution is 2.26. The van der Waals surface area contributed by atoms with Crippen LogP contribution in [0.1, 0.15) is 44.0 Å². The van der Waals surface area contributed by atoms with E-state index in [1.54, 1.807) is 11.5 Å². The minimum Gasteiger partial charge on any atom is -0.444 e. The summed E-state index contributed by atoms with van der Waals surface area (Å²) in [6.07, 6.45) is -1.35. The fraction of sp³-hybridized carbons (Fsp3) is 0.615. The van der Waals surface area contributed by atoms with Crippen LogP contribution in [0.15, 0.2) is 0 Å². The lowest BCUT2D eigenvalue weighted by Gasteiger charge is -2.30. The van der Waals surface area contributed by atoms with E-state index in [2.05, 4.69) is 4.98 Å². The molecule has 1 rings (SSSR count). The van der Waals surface area contributed by atoms with Gasteiger partial charge in [-0.15, -0.1) is 0 Å². The van der Waals surface area contributed by atoms with E-state index in [0.29, 0.717) is 11.5 Å². The third-order valence-electron chi connectivity index (χ3n) is 3.02. The molecule has 1 aromatic heterocycles. The third-order valence-corrected chi connectivity index (χ3v) is 3.29. The van der Waals surface area contributed by atoms with Crippen molar-refractivity contribution in [2.24, 2.45) is 11.1 Å². The van der Waals surface area contributed by atoms with Gasteiger partial charge in [-0.25, -0.2) is 9.78 Å². The maximum Gasteiger partial charge on any atom is 0.404 e. The highest BCUT2D eigenvalue weighted by Gasteiger charge is 2.30. The van der Waals surface area contributed by atoms with Gasteiger partial charge in [0.1, 0.15) is 17.6 Å². The van der Waals surface area contributed by atoms with E-state index in [1.807, 2.05) is 20.8 Å². The third kappa shape index (κ3) is 3.72. The molecule has 112 valence electrons. The Morgan fingerprint density at radius 2 is 2.00 bits per heavy atom. The number of carbonyl (C=O) groups is 2. The first kappa shape index (κ1) is 16.5. The van der Waals surface area contributed by atoms with Gasteiger partial charge in [0.05, 0.1) is 6.54 Å². The first-order valence-electron chi connectivity index (χ1n) is 6.23. The maximum absolute atomic E-state index is 11.7. The van der Waals surface area contributed by atoms with Crippen LogP contribution in [0.3, 0.4) is 0 Å². The summed E-state index contributed by atoms with van der Waals surface area (Å²) >= 11 is 5.96. The molecule has 1 aromatic rings. The molecule has 0 bridgehead atoms. The number of amides is 1. The van der Waals surface area contributed by atoms with Gasteiger partial charge in [0.2, 0.25) is 0 Å². The van der Waals surface area contributed by atoms with E-state index in [-0.39, 0.29) is 22.9 Å². The lowest BCUT2D eigenvalue weighted by atomic mass is 9.89. The smallest absolute Gasteiger partial charge is 0.404 e. The number of ether oxygens (including phenoxy) is 1. The molecule has 0 fully saturated rings. The van der Waals surface area contributed by atoms with Gasteiger partial charge in [0.25, 0.3) is 0 Å². The number of halogens is 1. The van der Waals surface area contributed by atoms with Crippen molar-refractivity contribution in [2.75, 3.05) is 0 Å². The SMILES string of the molecule is CC(=O)c1c(Cl)nc(C)n1CC(OC(N)=O)C(C)(C)C. The van der Waals surface area contributed by atoms with Crippen molar-refractivity contribution in [1.82, 2.24) is 9.55 Å². The Kier molecular flexibility index (Phi) is 4.81. The summed E-state index contributed by atoms with van der Waals surface area (Å²) in [4.78, 5) is 26.8. The number of primary amides is 1. The predicted octanol–water partition coefficient (Wildman–Crippen LogP) is 2.56. The largest absolute Gasteiger partial charge is 0.444 e. The summed E-state index contributed by atoms with van der Waals surface area (Å²) in [6, 6.07) is 0. The molecule has 2 N–H and O–H groups in total. The van der Waals surface area contributed by atoms with E-state index in [4.69, 9.17) is 22.1 Å². The number of nitrogens with two attached hydrogens (primary N) is 1. The van der Waals surface area contributed by atoms with E-state index in [0.717, 1.165) is 0 Å². The van der Waals surface area contributed by atoms with Crippen molar-refractivity contribution in [3.8, 4) is 0 Å². The minimum absolute atomic E-state index is 0.154. The molecule has 1 amide bonds. The number of nitrogens with zero attached hydrogens (tertiary/aromatic N) is 2. The average Bonchev–Trinajstić information content (AvgIpc) is 2.50. The van der Waals surface area contributed by atoms with E-state index in [9.17, 15) is 9.59 Å².